The van der Waals surface area contributed by atoms with Crippen molar-refractivity contribution in [2.75, 3.05) is 0 Å². The molecule has 5 nitrogen and oxygen atoms in total. The van der Waals surface area contributed by atoms with Gasteiger partial charge in [-0.25, -0.2) is 4.98 Å². The third kappa shape index (κ3) is 2.20. The van der Waals surface area contributed by atoms with Crippen LogP contribution < -0.4 is 5.56 Å². The molecule has 0 spiro atoms. The first-order valence-electron chi connectivity index (χ1n) is 7.18. The van der Waals surface area contributed by atoms with E-state index in [4.69, 9.17) is 23.2 Å². The molecule has 120 valence electrons. The number of carbonyl (C=O) groups is 1. The molecule has 3 aromatic rings. The van der Waals surface area contributed by atoms with Gasteiger partial charge in [-0.3, -0.25) is 14.2 Å². The highest BCUT2D eigenvalue weighted by atomic mass is 35.5. The molecule has 4 rings (SSSR count). The van der Waals surface area contributed by atoms with Crippen LogP contribution in [0.15, 0.2) is 35.4 Å². The van der Waals surface area contributed by atoms with Crippen LogP contribution in [-0.4, -0.2) is 20.4 Å². The van der Waals surface area contributed by atoms with Crippen molar-refractivity contribution in [1.29, 1.82) is 0 Å². The molecule has 0 atom stereocenters. The smallest absolute Gasteiger partial charge is 0.267 e. The van der Waals surface area contributed by atoms with Gasteiger partial charge in [-0.2, -0.15) is 0 Å². The van der Waals surface area contributed by atoms with Crippen molar-refractivity contribution in [3.05, 3.63) is 62.1 Å². The Hall–Kier alpha value is -2.37. The Labute approximate surface area is 146 Å². The van der Waals surface area contributed by atoms with Crippen molar-refractivity contribution in [2.24, 2.45) is 0 Å². The summed E-state index contributed by atoms with van der Waals surface area (Å²) in [7, 11) is 0. The molecule has 1 aliphatic carbocycles. The van der Waals surface area contributed by atoms with Gasteiger partial charge in [0.1, 0.15) is 17.6 Å². The van der Waals surface area contributed by atoms with Crippen LogP contribution in [0.4, 0.5) is 0 Å². The topological polar surface area (TPSA) is 72.2 Å². The van der Waals surface area contributed by atoms with Gasteiger partial charge in [-0.1, -0.05) is 29.3 Å². The standard InChI is InChI=1S/C17H10Cl2N2O3/c18-12-6-13(19)16(23)15-14(12)17(24)21(7-20-15)10-2-1-8-4-11(22)5-9(8)3-10/h1-3,6-7,23H,4-5H2. The van der Waals surface area contributed by atoms with Crippen LogP contribution in [0.1, 0.15) is 11.1 Å². The number of aromatic nitrogens is 2. The second kappa shape index (κ2) is 5.33. The summed E-state index contributed by atoms with van der Waals surface area (Å²) in [5.74, 6) is -0.117. The van der Waals surface area contributed by atoms with E-state index in [1.54, 1.807) is 12.1 Å². The van der Waals surface area contributed by atoms with Gasteiger partial charge >= 0.3 is 0 Å². The number of benzene rings is 2. The number of halogens is 2. The molecule has 0 amide bonds. The predicted octanol–water partition coefficient (Wildman–Crippen LogP) is 3.07. The molecule has 1 aliphatic rings. The second-order valence-electron chi connectivity index (χ2n) is 5.68. The molecule has 0 saturated carbocycles. The highest BCUT2D eigenvalue weighted by Crippen LogP contribution is 2.34. The van der Waals surface area contributed by atoms with Crippen LogP contribution in [0.25, 0.3) is 16.6 Å². The Balaban J connectivity index is 1.96. The number of hydrogen-bond acceptors (Lipinski definition) is 4. The molecule has 0 saturated heterocycles. The van der Waals surface area contributed by atoms with E-state index in [-0.39, 0.29) is 32.5 Å². The van der Waals surface area contributed by atoms with Crippen LogP contribution in [0.5, 0.6) is 5.75 Å². The molecule has 0 unspecified atom stereocenters. The maximum absolute atomic E-state index is 12.8. The zero-order valence-corrected chi connectivity index (χ0v) is 13.7. The summed E-state index contributed by atoms with van der Waals surface area (Å²) < 4.78 is 1.34. The van der Waals surface area contributed by atoms with E-state index in [9.17, 15) is 14.7 Å². The molecule has 0 aliphatic heterocycles. The summed E-state index contributed by atoms with van der Waals surface area (Å²) in [6.07, 6.45) is 2.12. The fraction of sp³-hybridized carbons (Fsp3) is 0.118. The van der Waals surface area contributed by atoms with E-state index in [1.165, 1.54) is 17.0 Å². The van der Waals surface area contributed by atoms with E-state index < -0.39 is 5.56 Å². The molecular weight excluding hydrogens is 351 g/mol. The molecule has 2 aromatic carbocycles. The van der Waals surface area contributed by atoms with Gasteiger partial charge in [-0.15, -0.1) is 0 Å². The van der Waals surface area contributed by atoms with Crippen LogP contribution >= 0.6 is 23.2 Å². The molecule has 0 bridgehead atoms. The quantitative estimate of drug-likeness (QED) is 0.723. The first-order valence-corrected chi connectivity index (χ1v) is 7.93. The average Bonchev–Trinajstić information content (AvgIpc) is 2.91. The summed E-state index contributed by atoms with van der Waals surface area (Å²) in [5, 5.41) is 10.2. The lowest BCUT2D eigenvalue weighted by Crippen LogP contribution is -2.19. The maximum atomic E-state index is 12.8. The number of aromatic hydroxyl groups is 1. The average molecular weight is 361 g/mol. The molecule has 1 N–H and O–H groups in total. The van der Waals surface area contributed by atoms with Gasteiger partial charge < -0.3 is 5.11 Å². The summed E-state index contributed by atoms with van der Waals surface area (Å²) in [5.41, 5.74) is 2.13. The van der Waals surface area contributed by atoms with Crippen molar-refractivity contribution in [3.63, 3.8) is 0 Å². The molecule has 1 heterocycles. The van der Waals surface area contributed by atoms with Gasteiger partial charge in [0.05, 0.1) is 21.1 Å². The number of rotatable bonds is 1. The summed E-state index contributed by atoms with van der Waals surface area (Å²) in [4.78, 5) is 28.5. The minimum atomic E-state index is -0.416. The Morgan fingerprint density at radius 2 is 1.79 bits per heavy atom. The van der Waals surface area contributed by atoms with Crippen LogP contribution in [0.2, 0.25) is 10.0 Å². The Kier molecular flexibility index (Phi) is 3.37. The number of fused-ring (bicyclic) bond motifs is 2. The van der Waals surface area contributed by atoms with E-state index in [0.717, 1.165) is 11.1 Å². The lowest BCUT2D eigenvalue weighted by atomic mass is 10.1. The van der Waals surface area contributed by atoms with Gasteiger partial charge in [0.25, 0.3) is 5.56 Å². The summed E-state index contributed by atoms with van der Waals surface area (Å²) in [6, 6.07) is 6.72. The fourth-order valence-corrected chi connectivity index (χ4v) is 3.52. The number of phenolic OH excluding ortho intramolecular Hbond substituents is 1. The van der Waals surface area contributed by atoms with E-state index in [0.29, 0.717) is 18.5 Å². The third-order valence-corrected chi connectivity index (χ3v) is 4.74. The molecule has 7 heteroatoms. The van der Waals surface area contributed by atoms with Crippen LogP contribution in [0, 0.1) is 0 Å². The van der Waals surface area contributed by atoms with E-state index in [1.807, 2.05) is 6.07 Å². The highest BCUT2D eigenvalue weighted by Gasteiger charge is 2.20. The van der Waals surface area contributed by atoms with Crippen LogP contribution in [-0.2, 0) is 17.6 Å². The van der Waals surface area contributed by atoms with Crippen molar-refractivity contribution < 1.29 is 9.90 Å². The third-order valence-electron chi connectivity index (χ3n) is 4.16. The predicted molar refractivity (Wildman–Crippen MR) is 91.4 cm³/mol. The number of carbonyl (C=O) groups excluding carboxylic acids is 1. The molecule has 24 heavy (non-hydrogen) atoms. The van der Waals surface area contributed by atoms with Gasteiger partial charge in [0.15, 0.2) is 5.75 Å². The minimum Gasteiger partial charge on any atom is -0.504 e. The van der Waals surface area contributed by atoms with Gasteiger partial charge in [-0.05, 0) is 29.3 Å². The summed E-state index contributed by atoms with van der Waals surface area (Å²) >= 11 is 12.0. The monoisotopic (exact) mass is 360 g/mol. The number of hydrogen-bond donors (Lipinski definition) is 1. The van der Waals surface area contributed by atoms with Crippen molar-refractivity contribution >= 4 is 39.9 Å². The van der Waals surface area contributed by atoms with Gasteiger partial charge in [0.2, 0.25) is 0 Å². The Morgan fingerprint density at radius 1 is 1.04 bits per heavy atom. The number of Topliss-reactive ketones (excluding diaryl/α,β-unsaturated/α-hetero) is 1. The van der Waals surface area contributed by atoms with Crippen molar-refractivity contribution in [1.82, 2.24) is 9.55 Å². The summed E-state index contributed by atoms with van der Waals surface area (Å²) in [6.45, 7) is 0. The fourth-order valence-electron chi connectivity index (χ4n) is 2.98. The largest absolute Gasteiger partial charge is 0.504 e. The Morgan fingerprint density at radius 3 is 2.58 bits per heavy atom. The molecular formula is C17H10Cl2N2O3. The van der Waals surface area contributed by atoms with Crippen LogP contribution in [0.3, 0.4) is 0 Å². The molecule has 0 fully saturated rings. The lowest BCUT2D eigenvalue weighted by molar-refractivity contribution is -0.117. The molecule has 0 radical (unpaired) electrons. The lowest BCUT2D eigenvalue weighted by Gasteiger charge is -2.10. The minimum absolute atomic E-state index is 0.0354. The van der Waals surface area contributed by atoms with Gasteiger partial charge in [0, 0.05) is 12.8 Å². The van der Waals surface area contributed by atoms with Crippen molar-refractivity contribution in [2.45, 2.75) is 12.8 Å². The first kappa shape index (κ1) is 15.2. The zero-order chi connectivity index (χ0) is 17.0. The van der Waals surface area contributed by atoms with E-state index in [2.05, 4.69) is 4.98 Å². The molecule has 1 aromatic heterocycles. The zero-order valence-electron chi connectivity index (χ0n) is 12.2. The normalized spacial score (nSPS) is 13.5. The Bertz CT molecular complexity index is 1090. The SMILES string of the molecule is O=C1Cc2ccc(-n3cnc4c(O)c(Cl)cc(Cl)c4c3=O)cc2C1. The highest BCUT2D eigenvalue weighted by molar-refractivity contribution is 6.39. The number of phenols is 1. The van der Waals surface area contributed by atoms with Crippen molar-refractivity contribution in [3.8, 4) is 11.4 Å². The first-order chi connectivity index (χ1) is 11.5. The van der Waals surface area contributed by atoms with E-state index >= 15 is 0 Å². The number of nitrogens with zero attached hydrogens (tertiary/aromatic N) is 2. The maximum Gasteiger partial charge on any atom is 0.267 e. The number of ketones is 1. The second-order valence-corrected chi connectivity index (χ2v) is 6.49.